The molecule has 0 saturated carbocycles. The lowest BCUT2D eigenvalue weighted by Crippen LogP contribution is -2.51. The maximum atomic E-state index is 12.5. The van der Waals surface area contributed by atoms with E-state index >= 15 is 0 Å². The van der Waals surface area contributed by atoms with Crippen molar-refractivity contribution in [3.05, 3.63) is 29.8 Å². The van der Waals surface area contributed by atoms with Crippen LogP contribution in [0, 0.1) is 12.3 Å². The highest BCUT2D eigenvalue weighted by Gasteiger charge is 2.37. The number of methoxy groups -OCH3 is 1. The minimum absolute atomic E-state index is 0.275. The van der Waals surface area contributed by atoms with E-state index in [0.29, 0.717) is 11.5 Å². The second kappa shape index (κ2) is 8.41. The summed E-state index contributed by atoms with van der Waals surface area (Å²) < 4.78 is 25.6. The Kier molecular flexibility index (Phi) is 7.19. The van der Waals surface area contributed by atoms with Gasteiger partial charge in [-0.15, -0.1) is 0 Å². The summed E-state index contributed by atoms with van der Waals surface area (Å²) >= 11 is 0. The van der Waals surface area contributed by atoms with Crippen LogP contribution in [0.15, 0.2) is 29.2 Å². The molecule has 2 atom stereocenters. The molecule has 0 heterocycles. The van der Waals surface area contributed by atoms with E-state index in [0.717, 1.165) is 5.56 Å². The van der Waals surface area contributed by atoms with Gasteiger partial charge in [-0.2, -0.15) is 0 Å². The third kappa shape index (κ3) is 5.19. The summed E-state index contributed by atoms with van der Waals surface area (Å²) in [7, 11) is 0.0680. The molecule has 0 fully saturated rings. The highest BCUT2D eigenvalue weighted by Crippen LogP contribution is 2.23. The van der Waals surface area contributed by atoms with Crippen LogP contribution in [0.3, 0.4) is 0 Å². The van der Waals surface area contributed by atoms with Crippen molar-refractivity contribution in [2.45, 2.75) is 38.6 Å². The molecule has 0 aliphatic heterocycles. The maximum Gasteiger partial charge on any atom is 0.324 e. The average molecular weight is 327 g/mol. The van der Waals surface area contributed by atoms with Crippen LogP contribution in [0.1, 0.15) is 26.3 Å². The Morgan fingerprint density at radius 1 is 1.32 bits per heavy atom. The molecule has 0 radical (unpaired) electrons. The number of carbonyl (C=O) groups excluding carboxylic acids is 1. The maximum absolute atomic E-state index is 12.5. The fraction of sp³-hybridized carbons (Fsp3) is 0.562. The SMILES string of the molecule is CCOC(=O)[C@@H](N[S@@](=O)c1ccc(C)cc1)C(C)(C)COC. The zero-order chi connectivity index (χ0) is 16.8. The first kappa shape index (κ1) is 18.8. The summed E-state index contributed by atoms with van der Waals surface area (Å²) in [5, 5.41) is 0. The van der Waals surface area contributed by atoms with Crippen LogP contribution in [0.5, 0.6) is 0 Å². The number of rotatable bonds is 8. The van der Waals surface area contributed by atoms with Crippen LogP contribution >= 0.6 is 0 Å². The van der Waals surface area contributed by atoms with Crippen molar-refractivity contribution in [2.24, 2.45) is 5.41 Å². The molecule has 0 amide bonds. The molecular formula is C16H25NO4S. The summed E-state index contributed by atoms with van der Waals surface area (Å²) in [6, 6.07) is 6.60. The first-order valence-electron chi connectivity index (χ1n) is 7.22. The van der Waals surface area contributed by atoms with Gasteiger partial charge in [-0.3, -0.25) is 4.79 Å². The lowest BCUT2D eigenvalue weighted by molar-refractivity contribution is -0.149. The Morgan fingerprint density at radius 3 is 2.41 bits per heavy atom. The second-order valence-electron chi connectivity index (χ2n) is 5.81. The van der Waals surface area contributed by atoms with Gasteiger partial charge >= 0.3 is 5.97 Å². The monoisotopic (exact) mass is 327 g/mol. The fourth-order valence-electron chi connectivity index (χ4n) is 2.04. The zero-order valence-electron chi connectivity index (χ0n) is 13.8. The van der Waals surface area contributed by atoms with E-state index in [1.807, 2.05) is 32.9 Å². The lowest BCUT2D eigenvalue weighted by atomic mass is 9.86. The molecule has 0 saturated heterocycles. The number of benzene rings is 1. The summed E-state index contributed by atoms with van der Waals surface area (Å²) in [5.74, 6) is -0.426. The van der Waals surface area contributed by atoms with Gasteiger partial charge in [0.1, 0.15) is 17.0 Å². The number of nitrogens with one attached hydrogen (secondary N) is 1. The van der Waals surface area contributed by atoms with Crippen molar-refractivity contribution in [1.82, 2.24) is 4.72 Å². The quantitative estimate of drug-likeness (QED) is 0.744. The van der Waals surface area contributed by atoms with E-state index in [1.54, 1.807) is 26.2 Å². The van der Waals surface area contributed by atoms with E-state index in [2.05, 4.69) is 4.72 Å². The van der Waals surface area contributed by atoms with Crippen LogP contribution in [0.2, 0.25) is 0 Å². The molecule has 0 aromatic heterocycles. The minimum atomic E-state index is -1.50. The molecule has 1 aromatic rings. The van der Waals surface area contributed by atoms with E-state index in [1.165, 1.54) is 0 Å². The Hall–Kier alpha value is -1.24. The van der Waals surface area contributed by atoms with Gasteiger partial charge in [0.15, 0.2) is 0 Å². The molecule has 6 heteroatoms. The number of hydrogen-bond acceptors (Lipinski definition) is 4. The fourth-order valence-corrected chi connectivity index (χ4v) is 3.19. The molecule has 22 heavy (non-hydrogen) atoms. The normalized spacial score (nSPS) is 14.4. The molecule has 124 valence electrons. The molecule has 0 aliphatic rings. The first-order valence-corrected chi connectivity index (χ1v) is 8.37. The zero-order valence-corrected chi connectivity index (χ0v) is 14.7. The minimum Gasteiger partial charge on any atom is -0.465 e. The van der Waals surface area contributed by atoms with Gasteiger partial charge in [-0.25, -0.2) is 8.93 Å². The lowest BCUT2D eigenvalue weighted by Gasteiger charge is -2.32. The van der Waals surface area contributed by atoms with E-state index in [4.69, 9.17) is 9.47 Å². The first-order chi connectivity index (χ1) is 10.3. The summed E-state index contributed by atoms with van der Waals surface area (Å²) in [6.45, 7) is 8.07. The largest absolute Gasteiger partial charge is 0.465 e. The molecule has 1 rings (SSSR count). The van der Waals surface area contributed by atoms with Gasteiger partial charge in [0.2, 0.25) is 0 Å². The van der Waals surface area contributed by atoms with Gasteiger partial charge in [-0.05, 0) is 26.0 Å². The van der Waals surface area contributed by atoms with Crippen molar-refractivity contribution in [1.29, 1.82) is 0 Å². The number of esters is 1. The van der Waals surface area contributed by atoms with Crippen molar-refractivity contribution >= 4 is 17.0 Å². The number of aryl methyl sites for hydroxylation is 1. The van der Waals surface area contributed by atoms with E-state index in [-0.39, 0.29) is 6.61 Å². The topological polar surface area (TPSA) is 64.6 Å². The number of ether oxygens (including phenoxy) is 2. The van der Waals surface area contributed by atoms with Crippen molar-refractivity contribution in [3.8, 4) is 0 Å². The predicted molar refractivity (Wildman–Crippen MR) is 86.8 cm³/mol. The summed E-state index contributed by atoms with van der Waals surface area (Å²) in [6.07, 6.45) is 0. The van der Waals surface area contributed by atoms with Crippen molar-refractivity contribution in [3.63, 3.8) is 0 Å². The van der Waals surface area contributed by atoms with E-state index < -0.39 is 28.4 Å². The molecule has 0 aliphatic carbocycles. The molecule has 0 spiro atoms. The van der Waals surface area contributed by atoms with Crippen molar-refractivity contribution in [2.75, 3.05) is 20.3 Å². The van der Waals surface area contributed by atoms with E-state index in [9.17, 15) is 9.00 Å². The molecular weight excluding hydrogens is 302 g/mol. The molecule has 1 N–H and O–H groups in total. The van der Waals surface area contributed by atoms with Crippen LogP contribution in [0.25, 0.3) is 0 Å². The van der Waals surface area contributed by atoms with Crippen LogP contribution in [-0.4, -0.2) is 36.5 Å². The Bertz CT molecular complexity index is 513. The molecule has 0 unspecified atom stereocenters. The molecule has 5 nitrogen and oxygen atoms in total. The number of hydrogen-bond donors (Lipinski definition) is 1. The average Bonchev–Trinajstić information content (AvgIpc) is 2.45. The van der Waals surface area contributed by atoms with Gasteiger partial charge in [0, 0.05) is 12.5 Å². The smallest absolute Gasteiger partial charge is 0.324 e. The van der Waals surface area contributed by atoms with Crippen LogP contribution < -0.4 is 4.72 Å². The predicted octanol–water partition coefficient (Wildman–Crippen LogP) is 2.21. The highest BCUT2D eigenvalue weighted by molar-refractivity contribution is 7.83. The van der Waals surface area contributed by atoms with Gasteiger partial charge < -0.3 is 9.47 Å². The van der Waals surface area contributed by atoms with Crippen molar-refractivity contribution < 1.29 is 18.5 Å². The van der Waals surface area contributed by atoms with Gasteiger partial charge in [-0.1, -0.05) is 31.5 Å². The van der Waals surface area contributed by atoms with Crippen LogP contribution in [0.4, 0.5) is 0 Å². The molecule has 1 aromatic carbocycles. The Morgan fingerprint density at radius 2 is 1.91 bits per heavy atom. The summed E-state index contributed by atoms with van der Waals surface area (Å²) in [4.78, 5) is 12.8. The standard InChI is InChI=1S/C16H25NO4S/c1-6-21-15(18)14(16(3,4)11-20-5)17-22(19)13-9-7-12(2)8-10-13/h7-10,14,17H,6,11H2,1-5H3/t14-,22+/m1/s1. The second-order valence-corrected chi connectivity index (χ2v) is 7.05. The summed E-state index contributed by atoms with van der Waals surface area (Å²) in [5.41, 5.74) is 0.531. The Labute approximate surface area is 135 Å². The third-order valence-corrected chi connectivity index (χ3v) is 4.43. The van der Waals surface area contributed by atoms with Crippen LogP contribution in [-0.2, 0) is 25.3 Å². The molecule has 0 bridgehead atoms. The highest BCUT2D eigenvalue weighted by atomic mass is 32.2. The van der Waals surface area contributed by atoms with Gasteiger partial charge in [0.25, 0.3) is 0 Å². The van der Waals surface area contributed by atoms with Gasteiger partial charge in [0.05, 0.1) is 18.1 Å². The number of carbonyl (C=O) groups is 1. The Balaban J connectivity index is 2.94. The third-order valence-electron chi connectivity index (χ3n) is 3.28.